The fourth-order valence-corrected chi connectivity index (χ4v) is 1.57. The maximum Gasteiger partial charge on any atom is 0.275 e. The van der Waals surface area contributed by atoms with Crippen molar-refractivity contribution >= 4 is 11.7 Å². The Bertz CT molecular complexity index is 678. The Morgan fingerprint density at radius 1 is 1.19 bits per heavy atom. The summed E-state index contributed by atoms with van der Waals surface area (Å²) in [7, 11) is 0. The zero-order valence-corrected chi connectivity index (χ0v) is 12.1. The average molecular weight is 281 g/mol. The lowest BCUT2D eigenvalue weighted by Crippen LogP contribution is -2.17. The number of nitriles is 1. The lowest BCUT2D eigenvalue weighted by Gasteiger charge is -2.16. The van der Waals surface area contributed by atoms with E-state index in [1.807, 2.05) is 32.9 Å². The standard InChI is InChI=1S/C15H15N5O/c1-15(2,3)12-6-7-13(20-19-12)18-14(21)11-5-4-10(8-16)9-17-11/h4-7,9H,1-3H3,(H,18,20,21). The number of pyridine rings is 1. The monoisotopic (exact) mass is 281 g/mol. The molecule has 1 amide bonds. The molecule has 0 radical (unpaired) electrons. The van der Waals surface area contributed by atoms with Gasteiger partial charge < -0.3 is 5.32 Å². The first-order valence-electron chi connectivity index (χ1n) is 6.42. The van der Waals surface area contributed by atoms with Crippen molar-refractivity contribution in [1.29, 1.82) is 5.26 Å². The Hall–Kier alpha value is -2.81. The number of anilines is 1. The summed E-state index contributed by atoms with van der Waals surface area (Å²) in [6.45, 7) is 6.11. The molecule has 0 saturated carbocycles. The number of hydrogen-bond acceptors (Lipinski definition) is 5. The summed E-state index contributed by atoms with van der Waals surface area (Å²) < 4.78 is 0. The van der Waals surface area contributed by atoms with Gasteiger partial charge in [0, 0.05) is 11.6 Å². The normalized spacial score (nSPS) is 10.8. The first-order valence-corrected chi connectivity index (χ1v) is 6.42. The minimum absolute atomic E-state index is 0.0930. The van der Waals surface area contributed by atoms with Gasteiger partial charge in [-0.1, -0.05) is 20.8 Å². The molecule has 2 heterocycles. The van der Waals surface area contributed by atoms with Crippen molar-refractivity contribution in [3.05, 3.63) is 47.4 Å². The molecule has 0 saturated heterocycles. The molecule has 6 nitrogen and oxygen atoms in total. The second-order valence-corrected chi connectivity index (χ2v) is 5.55. The van der Waals surface area contributed by atoms with Gasteiger partial charge in [0.05, 0.1) is 11.3 Å². The van der Waals surface area contributed by atoms with Crippen molar-refractivity contribution in [3.8, 4) is 6.07 Å². The summed E-state index contributed by atoms with van der Waals surface area (Å²) in [4.78, 5) is 15.9. The molecule has 0 atom stereocenters. The average Bonchev–Trinajstić information content (AvgIpc) is 2.47. The molecule has 2 aromatic heterocycles. The van der Waals surface area contributed by atoms with Crippen LogP contribution in [0.4, 0.5) is 5.82 Å². The van der Waals surface area contributed by atoms with Gasteiger partial charge in [-0.2, -0.15) is 10.4 Å². The molecule has 0 aliphatic rings. The topological polar surface area (TPSA) is 91.6 Å². The fraction of sp³-hybridized carbons (Fsp3) is 0.267. The second-order valence-electron chi connectivity index (χ2n) is 5.55. The highest BCUT2D eigenvalue weighted by molar-refractivity contribution is 6.02. The van der Waals surface area contributed by atoms with E-state index >= 15 is 0 Å². The van der Waals surface area contributed by atoms with Crippen molar-refractivity contribution in [2.75, 3.05) is 5.32 Å². The van der Waals surface area contributed by atoms with Gasteiger partial charge in [0.25, 0.3) is 5.91 Å². The summed E-state index contributed by atoms with van der Waals surface area (Å²) in [5, 5.41) is 19.4. The van der Waals surface area contributed by atoms with Crippen molar-refractivity contribution < 1.29 is 4.79 Å². The number of aromatic nitrogens is 3. The van der Waals surface area contributed by atoms with E-state index in [0.29, 0.717) is 11.4 Å². The van der Waals surface area contributed by atoms with Gasteiger partial charge in [0.2, 0.25) is 0 Å². The molecule has 0 unspecified atom stereocenters. The van der Waals surface area contributed by atoms with Gasteiger partial charge >= 0.3 is 0 Å². The molecule has 0 bridgehead atoms. The van der Waals surface area contributed by atoms with Crippen LogP contribution in [0.3, 0.4) is 0 Å². The Balaban J connectivity index is 2.10. The fourth-order valence-electron chi connectivity index (χ4n) is 1.57. The van der Waals surface area contributed by atoms with Crippen LogP contribution in [0.5, 0.6) is 0 Å². The highest BCUT2D eigenvalue weighted by Crippen LogP contribution is 2.19. The molecular formula is C15H15N5O. The smallest absolute Gasteiger partial charge is 0.275 e. The summed E-state index contributed by atoms with van der Waals surface area (Å²) in [6.07, 6.45) is 1.35. The van der Waals surface area contributed by atoms with Crippen LogP contribution in [0.2, 0.25) is 0 Å². The number of nitrogens with one attached hydrogen (secondary N) is 1. The predicted molar refractivity (Wildman–Crippen MR) is 77.6 cm³/mol. The van der Waals surface area contributed by atoms with Gasteiger partial charge in [0.15, 0.2) is 5.82 Å². The highest BCUT2D eigenvalue weighted by Gasteiger charge is 2.16. The van der Waals surface area contributed by atoms with Crippen LogP contribution in [0.15, 0.2) is 30.5 Å². The SMILES string of the molecule is CC(C)(C)c1ccc(NC(=O)c2ccc(C#N)cn2)nn1. The third-order valence-electron chi connectivity index (χ3n) is 2.80. The minimum Gasteiger partial charge on any atom is -0.304 e. The molecule has 21 heavy (non-hydrogen) atoms. The predicted octanol–water partition coefficient (Wildman–Crippen LogP) is 2.29. The Morgan fingerprint density at radius 3 is 2.43 bits per heavy atom. The lowest BCUT2D eigenvalue weighted by atomic mass is 9.92. The van der Waals surface area contributed by atoms with Crippen LogP contribution in [-0.2, 0) is 5.41 Å². The van der Waals surface area contributed by atoms with Crippen LogP contribution in [0, 0.1) is 11.3 Å². The van der Waals surface area contributed by atoms with E-state index < -0.39 is 5.91 Å². The van der Waals surface area contributed by atoms with E-state index in [4.69, 9.17) is 5.26 Å². The first-order chi connectivity index (χ1) is 9.90. The van der Waals surface area contributed by atoms with Crippen LogP contribution in [-0.4, -0.2) is 21.1 Å². The molecule has 1 N–H and O–H groups in total. The summed E-state index contributed by atoms with van der Waals surface area (Å²) in [5.41, 5.74) is 1.37. The van der Waals surface area contributed by atoms with Gasteiger partial charge in [-0.05, 0) is 24.3 Å². The molecule has 0 aliphatic carbocycles. The zero-order valence-electron chi connectivity index (χ0n) is 12.1. The molecule has 0 aliphatic heterocycles. The molecule has 6 heteroatoms. The Labute approximate surface area is 122 Å². The number of rotatable bonds is 2. The second kappa shape index (κ2) is 5.67. The Morgan fingerprint density at radius 2 is 1.95 bits per heavy atom. The molecular weight excluding hydrogens is 266 g/mol. The zero-order chi connectivity index (χ0) is 15.5. The first kappa shape index (κ1) is 14.6. The maximum absolute atomic E-state index is 12.0. The van der Waals surface area contributed by atoms with Crippen molar-refractivity contribution in [2.45, 2.75) is 26.2 Å². The molecule has 0 spiro atoms. The van der Waals surface area contributed by atoms with Gasteiger partial charge in [-0.15, -0.1) is 5.10 Å². The molecule has 2 aromatic rings. The molecule has 0 aromatic carbocycles. The van der Waals surface area contributed by atoms with E-state index in [1.54, 1.807) is 6.07 Å². The molecule has 0 fully saturated rings. The maximum atomic E-state index is 12.0. The minimum atomic E-state index is -0.391. The summed E-state index contributed by atoms with van der Waals surface area (Å²) in [6, 6.07) is 8.51. The van der Waals surface area contributed by atoms with E-state index in [1.165, 1.54) is 18.3 Å². The van der Waals surface area contributed by atoms with Crippen molar-refractivity contribution in [1.82, 2.24) is 15.2 Å². The van der Waals surface area contributed by atoms with E-state index in [9.17, 15) is 4.79 Å². The number of carbonyl (C=O) groups excluding carboxylic acids is 1. The highest BCUT2D eigenvalue weighted by atomic mass is 16.1. The largest absolute Gasteiger partial charge is 0.304 e. The van der Waals surface area contributed by atoms with E-state index in [2.05, 4.69) is 20.5 Å². The number of hydrogen-bond donors (Lipinski definition) is 1. The quantitative estimate of drug-likeness (QED) is 0.911. The number of carbonyl (C=O) groups is 1. The summed E-state index contributed by atoms with van der Waals surface area (Å²) >= 11 is 0. The third-order valence-corrected chi connectivity index (χ3v) is 2.80. The number of amides is 1. The Kier molecular flexibility index (Phi) is 3.94. The third kappa shape index (κ3) is 3.60. The van der Waals surface area contributed by atoms with Crippen LogP contribution in [0.1, 0.15) is 42.5 Å². The van der Waals surface area contributed by atoms with Crippen LogP contribution < -0.4 is 5.32 Å². The van der Waals surface area contributed by atoms with Crippen molar-refractivity contribution in [2.24, 2.45) is 0 Å². The van der Waals surface area contributed by atoms with Gasteiger partial charge in [0.1, 0.15) is 11.8 Å². The van der Waals surface area contributed by atoms with Crippen LogP contribution >= 0.6 is 0 Å². The van der Waals surface area contributed by atoms with E-state index in [0.717, 1.165) is 5.69 Å². The molecule has 106 valence electrons. The lowest BCUT2D eigenvalue weighted by molar-refractivity contribution is 0.102. The van der Waals surface area contributed by atoms with Crippen molar-refractivity contribution in [3.63, 3.8) is 0 Å². The number of nitrogens with zero attached hydrogens (tertiary/aromatic N) is 4. The van der Waals surface area contributed by atoms with E-state index in [-0.39, 0.29) is 11.1 Å². The van der Waals surface area contributed by atoms with Gasteiger partial charge in [-0.25, -0.2) is 4.98 Å². The van der Waals surface area contributed by atoms with Gasteiger partial charge in [-0.3, -0.25) is 4.79 Å². The molecule has 2 rings (SSSR count). The van der Waals surface area contributed by atoms with Crippen LogP contribution in [0.25, 0.3) is 0 Å². The summed E-state index contributed by atoms with van der Waals surface area (Å²) in [5.74, 6) is -0.0311.